The van der Waals surface area contributed by atoms with Gasteiger partial charge in [-0.1, -0.05) is 17.7 Å². The lowest BCUT2D eigenvalue weighted by molar-refractivity contribution is 0.129. The Bertz CT molecular complexity index is 490. The number of aromatic nitrogens is 1. The third kappa shape index (κ3) is 1.95. The summed E-state index contributed by atoms with van der Waals surface area (Å²) in [6.07, 6.45) is 0. The minimum Gasteiger partial charge on any atom is -0.376 e. The van der Waals surface area contributed by atoms with E-state index < -0.39 is 0 Å². The third-order valence-electron chi connectivity index (χ3n) is 2.75. The van der Waals surface area contributed by atoms with Gasteiger partial charge in [-0.05, 0) is 32.0 Å². The van der Waals surface area contributed by atoms with Crippen LogP contribution in [0.2, 0.25) is 5.02 Å². The monoisotopic (exact) mass is 237 g/mol. The molecule has 0 saturated carbocycles. The number of hydrogen-bond acceptors (Lipinski definition) is 1. The van der Waals surface area contributed by atoms with Crippen LogP contribution in [0.4, 0.5) is 0 Å². The standard InChI is InChI=1S/C13H16ClNO/c1-3-15-10(9-16-4-2)8-11-12(14)6-5-7-13(11)15/h5-8H,3-4,9H2,1-2H3. The molecule has 0 radical (unpaired) electrons. The maximum atomic E-state index is 6.18. The third-order valence-corrected chi connectivity index (χ3v) is 3.08. The van der Waals surface area contributed by atoms with Crippen molar-refractivity contribution in [1.29, 1.82) is 0 Å². The molecular formula is C13H16ClNO. The number of hydrogen-bond donors (Lipinski definition) is 0. The second-order valence-electron chi connectivity index (χ2n) is 3.69. The molecular weight excluding hydrogens is 222 g/mol. The molecule has 1 aromatic carbocycles. The van der Waals surface area contributed by atoms with Crippen LogP contribution in [-0.2, 0) is 17.9 Å². The number of nitrogens with zero attached hydrogens (tertiary/aromatic N) is 1. The molecule has 0 atom stereocenters. The van der Waals surface area contributed by atoms with Gasteiger partial charge in [-0.15, -0.1) is 0 Å². The lowest BCUT2D eigenvalue weighted by atomic mass is 10.2. The molecule has 0 spiro atoms. The fourth-order valence-electron chi connectivity index (χ4n) is 2.00. The number of halogens is 1. The van der Waals surface area contributed by atoms with E-state index in [0.29, 0.717) is 6.61 Å². The molecule has 1 aromatic heterocycles. The van der Waals surface area contributed by atoms with Crippen LogP contribution in [0.5, 0.6) is 0 Å². The van der Waals surface area contributed by atoms with E-state index in [0.717, 1.165) is 23.6 Å². The van der Waals surface area contributed by atoms with Crippen LogP contribution < -0.4 is 0 Å². The molecule has 16 heavy (non-hydrogen) atoms. The second kappa shape index (κ2) is 4.89. The molecule has 0 saturated heterocycles. The predicted octanol–water partition coefficient (Wildman–Crippen LogP) is 3.85. The van der Waals surface area contributed by atoms with Crippen molar-refractivity contribution in [3.63, 3.8) is 0 Å². The first-order valence-corrected chi connectivity index (χ1v) is 6.00. The van der Waals surface area contributed by atoms with Crippen LogP contribution in [0.25, 0.3) is 10.9 Å². The maximum absolute atomic E-state index is 6.18. The van der Waals surface area contributed by atoms with E-state index in [1.807, 2.05) is 19.1 Å². The van der Waals surface area contributed by atoms with E-state index in [4.69, 9.17) is 16.3 Å². The van der Waals surface area contributed by atoms with Gasteiger partial charge in [0, 0.05) is 34.8 Å². The lowest BCUT2D eigenvalue weighted by Crippen LogP contribution is -2.02. The van der Waals surface area contributed by atoms with E-state index in [2.05, 4.69) is 23.6 Å². The Morgan fingerprint density at radius 3 is 2.81 bits per heavy atom. The largest absolute Gasteiger partial charge is 0.376 e. The molecule has 3 heteroatoms. The quantitative estimate of drug-likeness (QED) is 0.788. The van der Waals surface area contributed by atoms with Crippen LogP contribution in [0.3, 0.4) is 0 Å². The van der Waals surface area contributed by atoms with Gasteiger partial charge in [0.2, 0.25) is 0 Å². The molecule has 2 rings (SSSR count). The van der Waals surface area contributed by atoms with Gasteiger partial charge in [0.05, 0.1) is 6.61 Å². The van der Waals surface area contributed by atoms with Crippen molar-refractivity contribution in [2.24, 2.45) is 0 Å². The molecule has 0 amide bonds. The first kappa shape index (κ1) is 11.5. The van der Waals surface area contributed by atoms with E-state index in [9.17, 15) is 0 Å². The second-order valence-corrected chi connectivity index (χ2v) is 4.10. The van der Waals surface area contributed by atoms with E-state index in [-0.39, 0.29) is 0 Å². The van der Waals surface area contributed by atoms with Gasteiger partial charge in [-0.25, -0.2) is 0 Å². The molecule has 0 bridgehead atoms. The summed E-state index contributed by atoms with van der Waals surface area (Å²) in [4.78, 5) is 0. The Hall–Kier alpha value is -0.990. The number of rotatable bonds is 4. The summed E-state index contributed by atoms with van der Waals surface area (Å²) in [6.45, 7) is 6.46. The summed E-state index contributed by atoms with van der Waals surface area (Å²) in [7, 11) is 0. The van der Waals surface area contributed by atoms with Crippen molar-refractivity contribution in [1.82, 2.24) is 4.57 Å². The minimum absolute atomic E-state index is 0.648. The Balaban J connectivity index is 2.52. The molecule has 86 valence electrons. The van der Waals surface area contributed by atoms with Crippen molar-refractivity contribution in [3.05, 3.63) is 35.0 Å². The van der Waals surface area contributed by atoms with Crippen molar-refractivity contribution in [2.45, 2.75) is 27.0 Å². The Kier molecular flexibility index (Phi) is 3.52. The van der Waals surface area contributed by atoms with Gasteiger partial charge in [0.25, 0.3) is 0 Å². The first-order valence-electron chi connectivity index (χ1n) is 5.62. The highest BCUT2D eigenvalue weighted by Crippen LogP contribution is 2.27. The summed E-state index contributed by atoms with van der Waals surface area (Å²) in [5.74, 6) is 0. The molecule has 0 aliphatic heterocycles. The topological polar surface area (TPSA) is 14.2 Å². The average molecular weight is 238 g/mol. The highest BCUT2D eigenvalue weighted by molar-refractivity contribution is 6.35. The van der Waals surface area contributed by atoms with E-state index in [1.165, 1.54) is 11.2 Å². The Labute approximate surface area is 101 Å². The van der Waals surface area contributed by atoms with Gasteiger partial charge in [0.15, 0.2) is 0 Å². The number of benzene rings is 1. The van der Waals surface area contributed by atoms with Crippen molar-refractivity contribution in [2.75, 3.05) is 6.61 Å². The van der Waals surface area contributed by atoms with Crippen molar-refractivity contribution >= 4 is 22.5 Å². The molecule has 2 nitrogen and oxygen atoms in total. The molecule has 2 aromatic rings. The highest BCUT2D eigenvalue weighted by Gasteiger charge is 2.09. The number of fused-ring (bicyclic) bond motifs is 1. The zero-order valence-electron chi connectivity index (χ0n) is 9.66. The summed E-state index contributed by atoms with van der Waals surface area (Å²) in [6, 6.07) is 8.13. The summed E-state index contributed by atoms with van der Waals surface area (Å²) < 4.78 is 7.71. The van der Waals surface area contributed by atoms with Crippen molar-refractivity contribution in [3.8, 4) is 0 Å². The molecule has 1 heterocycles. The first-order chi connectivity index (χ1) is 7.77. The zero-order valence-corrected chi connectivity index (χ0v) is 10.4. The van der Waals surface area contributed by atoms with Gasteiger partial charge < -0.3 is 9.30 Å². The van der Waals surface area contributed by atoms with Gasteiger partial charge >= 0.3 is 0 Å². The molecule has 0 aliphatic rings. The summed E-state index contributed by atoms with van der Waals surface area (Å²) >= 11 is 6.18. The van der Waals surface area contributed by atoms with Crippen LogP contribution in [-0.4, -0.2) is 11.2 Å². The normalized spacial score (nSPS) is 11.2. The number of aryl methyl sites for hydroxylation is 1. The van der Waals surface area contributed by atoms with Crippen molar-refractivity contribution < 1.29 is 4.74 Å². The maximum Gasteiger partial charge on any atom is 0.0868 e. The SMILES string of the molecule is CCOCc1cc2c(Cl)cccc2n1CC. The summed E-state index contributed by atoms with van der Waals surface area (Å²) in [5, 5.41) is 1.92. The Morgan fingerprint density at radius 2 is 2.12 bits per heavy atom. The van der Waals surface area contributed by atoms with Crippen LogP contribution >= 0.6 is 11.6 Å². The van der Waals surface area contributed by atoms with Gasteiger partial charge in [-0.2, -0.15) is 0 Å². The fourth-order valence-corrected chi connectivity index (χ4v) is 2.23. The van der Waals surface area contributed by atoms with Crippen LogP contribution in [0, 0.1) is 0 Å². The smallest absolute Gasteiger partial charge is 0.0868 e. The van der Waals surface area contributed by atoms with Gasteiger partial charge in [0.1, 0.15) is 0 Å². The van der Waals surface area contributed by atoms with E-state index in [1.54, 1.807) is 0 Å². The molecule has 0 unspecified atom stereocenters. The van der Waals surface area contributed by atoms with E-state index >= 15 is 0 Å². The van der Waals surface area contributed by atoms with Crippen LogP contribution in [0.1, 0.15) is 19.5 Å². The summed E-state index contributed by atoms with van der Waals surface area (Å²) in [5.41, 5.74) is 2.37. The number of ether oxygens (including phenoxy) is 1. The average Bonchev–Trinajstić information content (AvgIpc) is 2.65. The lowest BCUT2D eigenvalue weighted by Gasteiger charge is -2.07. The zero-order chi connectivity index (χ0) is 11.5. The Morgan fingerprint density at radius 1 is 1.31 bits per heavy atom. The fraction of sp³-hybridized carbons (Fsp3) is 0.385. The molecule has 0 aliphatic carbocycles. The minimum atomic E-state index is 0.648. The molecule has 0 N–H and O–H groups in total. The van der Waals surface area contributed by atoms with Crippen LogP contribution in [0.15, 0.2) is 24.3 Å². The predicted molar refractivity (Wildman–Crippen MR) is 68.0 cm³/mol. The van der Waals surface area contributed by atoms with Gasteiger partial charge in [-0.3, -0.25) is 0 Å². The molecule has 0 fully saturated rings. The highest BCUT2D eigenvalue weighted by atomic mass is 35.5.